The summed E-state index contributed by atoms with van der Waals surface area (Å²) in [6, 6.07) is 7.78. The van der Waals surface area contributed by atoms with Crippen LogP contribution in [0.25, 0.3) is 0 Å². The van der Waals surface area contributed by atoms with Crippen LogP contribution in [0.15, 0.2) is 30.6 Å². The van der Waals surface area contributed by atoms with Crippen LogP contribution in [0.4, 0.5) is 5.82 Å². The predicted octanol–water partition coefficient (Wildman–Crippen LogP) is 2.86. The topological polar surface area (TPSA) is 41.9 Å². The van der Waals surface area contributed by atoms with Crippen LogP contribution in [0.3, 0.4) is 0 Å². The average molecular weight is 263 g/mol. The molecular formula is C13H15ClN4. The first-order chi connectivity index (χ1) is 8.69. The summed E-state index contributed by atoms with van der Waals surface area (Å²) >= 11 is 5.88. The van der Waals surface area contributed by atoms with Crippen molar-refractivity contribution in [2.24, 2.45) is 0 Å². The molecule has 0 unspecified atom stereocenters. The third kappa shape index (κ3) is 3.17. The van der Waals surface area contributed by atoms with Crippen molar-refractivity contribution in [1.29, 1.82) is 0 Å². The highest BCUT2D eigenvalue weighted by molar-refractivity contribution is 6.29. The summed E-state index contributed by atoms with van der Waals surface area (Å²) in [7, 11) is 0. The molecule has 0 aliphatic heterocycles. The second kappa shape index (κ2) is 5.78. The largest absolute Gasteiger partial charge is 0.351 e. The first-order valence-corrected chi connectivity index (χ1v) is 6.22. The van der Waals surface area contributed by atoms with E-state index in [1.165, 1.54) is 6.33 Å². The molecule has 5 heteroatoms. The molecule has 0 N–H and O–H groups in total. The normalized spacial score (nSPS) is 10.4. The lowest BCUT2D eigenvalue weighted by atomic mass is 10.3. The van der Waals surface area contributed by atoms with E-state index in [1.54, 1.807) is 6.07 Å². The molecule has 18 heavy (non-hydrogen) atoms. The molecule has 0 spiro atoms. The van der Waals surface area contributed by atoms with Gasteiger partial charge in [-0.3, -0.25) is 4.98 Å². The highest BCUT2D eigenvalue weighted by Gasteiger charge is 2.08. The van der Waals surface area contributed by atoms with Crippen LogP contribution in [0.1, 0.15) is 18.3 Å². The summed E-state index contributed by atoms with van der Waals surface area (Å²) in [6.07, 6.45) is 1.48. The molecule has 2 aromatic rings. The molecule has 0 saturated carbocycles. The van der Waals surface area contributed by atoms with Gasteiger partial charge in [-0.25, -0.2) is 9.97 Å². The summed E-state index contributed by atoms with van der Waals surface area (Å²) in [4.78, 5) is 14.7. The number of nitrogens with zero attached hydrogens (tertiary/aromatic N) is 4. The van der Waals surface area contributed by atoms with Crippen LogP contribution < -0.4 is 4.90 Å². The van der Waals surface area contributed by atoms with Crippen molar-refractivity contribution in [3.8, 4) is 0 Å². The van der Waals surface area contributed by atoms with Crippen LogP contribution >= 0.6 is 11.6 Å². The molecule has 0 amide bonds. The quantitative estimate of drug-likeness (QED) is 0.795. The van der Waals surface area contributed by atoms with Gasteiger partial charge < -0.3 is 4.90 Å². The van der Waals surface area contributed by atoms with E-state index in [4.69, 9.17) is 11.6 Å². The van der Waals surface area contributed by atoms with Gasteiger partial charge in [0.05, 0.1) is 12.2 Å². The average Bonchev–Trinajstić information content (AvgIpc) is 2.36. The lowest BCUT2D eigenvalue weighted by Crippen LogP contribution is -2.23. The Morgan fingerprint density at radius 2 is 2.11 bits per heavy atom. The Morgan fingerprint density at radius 1 is 1.28 bits per heavy atom. The maximum atomic E-state index is 5.88. The van der Waals surface area contributed by atoms with E-state index in [0.717, 1.165) is 23.8 Å². The van der Waals surface area contributed by atoms with Gasteiger partial charge in [0.1, 0.15) is 17.3 Å². The fraction of sp³-hybridized carbons (Fsp3) is 0.308. The maximum absolute atomic E-state index is 5.88. The molecule has 0 aromatic carbocycles. The molecule has 0 radical (unpaired) electrons. The molecule has 0 saturated heterocycles. The number of halogens is 1. The first kappa shape index (κ1) is 12.8. The number of hydrogen-bond donors (Lipinski definition) is 0. The van der Waals surface area contributed by atoms with E-state index >= 15 is 0 Å². The Bertz CT molecular complexity index is 530. The SMILES string of the molecule is CCN(Cc1cccc(C)n1)c1cc(Cl)ncn1. The molecule has 0 fully saturated rings. The Balaban J connectivity index is 2.19. The smallest absolute Gasteiger partial charge is 0.134 e. The van der Waals surface area contributed by atoms with Gasteiger partial charge in [0.25, 0.3) is 0 Å². The number of pyridine rings is 1. The molecule has 2 rings (SSSR count). The summed E-state index contributed by atoms with van der Waals surface area (Å²) in [6.45, 7) is 5.61. The van der Waals surface area contributed by atoms with Crippen LogP contribution in [0.5, 0.6) is 0 Å². The van der Waals surface area contributed by atoms with E-state index in [-0.39, 0.29) is 0 Å². The van der Waals surface area contributed by atoms with Gasteiger partial charge in [-0.1, -0.05) is 17.7 Å². The van der Waals surface area contributed by atoms with Crippen molar-refractivity contribution in [3.63, 3.8) is 0 Å². The van der Waals surface area contributed by atoms with Crippen molar-refractivity contribution in [3.05, 3.63) is 47.1 Å². The summed E-state index contributed by atoms with van der Waals surface area (Å²) in [5.41, 5.74) is 2.04. The minimum absolute atomic E-state index is 0.454. The standard InChI is InChI=1S/C13H15ClN4/c1-3-18(13-7-12(14)15-9-16-13)8-11-6-4-5-10(2)17-11/h4-7,9H,3,8H2,1-2H3. The van der Waals surface area contributed by atoms with Crippen LogP contribution in [0.2, 0.25) is 5.15 Å². The van der Waals surface area contributed by atoms with E-state index in [1.807, 2.05) is 25.1 Å². The van der Waals surface area contributed by atoms with Crippen LogP contribution in [-0.4, -0.2) is 21.5 Å². The van der Waals surface area contributed by atoms with Gasteiger partial charge in [0.15, 0.2) is 0 Å². The van der Waals surface area contributed by atoms with Crippen molar-refractivity contribution in [2.75, 3.05) is 11.4 Å². The van der Waals surface area contributed by atoms with E-state index < -0.39 is 0 Å². The zero-order valence-corrected chi connectivity index (χ0v) is 11.2. The minimum atomic E-state index is 0.454. The molecule has 4 nitrogen and oxygen atoms in total. The van der Waals surface area contributed by atoms with Crippen molar-refractivity contribution in [2.45, 2.75) is 20.4 Å². The molecule has 0 atom stereocenters. The zero-order chi connectivity index (χ0) is 13.0. The lowest BCUT2D eigenvalue weighted by molar-refractivity contribution is 0.787. The second-order valence-electron chi connectivity index (χ2n) is 3.98. The van der Waals surface area contributed by atoms with Crippen LogP contribution in [-0.2, 0) is 6.54 Å². The summed E-state index contributed by atoms with van der Waals surface area (Å²) < 4.78 is 0. The number of aromatic nitrogens is 3. The Kier molecular flexibility index (Phi) is 4.10. The van der Waals surface area contributed by atoms with Crippen molar-refractivity contribution >= 4 is 17.4 Å². The summed E-state index contributed by atoms with van der Waals surface area (Å²) in [5.74, 6) is 0.820. The van der Waals surface area contributed by atoms with Gasteiger partial charge in [0, 0.05) is 18.3 Å². The van der Waals surface area contributed by atoms with Crippen molar-refractivity contribution < 1.29 is 0 Å². The number of rotatable bonds is 4. The lowest BCUT2D eigenvalue weighted by Gasteiger charge is -2.21. The molecule has 0 aliphatic rings. The molecule has 0 bridgehead atoms. The fourth-order valence-electron chi connectivity index (χ4n) is 1.74. The fourth-order valence-corrected chi connectivity index (χ4v) is 1.88. The molecule has 2 aromatic heterocycles. The Morgan fingerprint density at radius 3 is 2.78 bits per heavy atom. The van der Waals surface area contributed by atoms with Gasteiger partial charge in [0.2, 0.25) is 0 Å². The molecule has 2 heterocycles. The van der Waals surface area contributed by atoms with Crippen LogP contribution in [0, 0.1) is 6.92 Å². The number of aryl methyl sites for hydroxylation is 1. The highest BCUT2D eigenvalue weighted by Crippen LogP contribution is 2.16. The molecule has 0 aliphatic carbocycles. The summed E-state index contributed by atoms with van der Waals surface area (Å²) in [5, 5.41) is 0.454. The van der Waals surface area contributed by atoms with Gasteiger partial charge >= 0.3 is 0 Å². The van der Waals surface area contributed by atoms with Crippen molar-refractivity contribution in [1.82, 2.24) is 15.0 Å². The zero-order valence-electron chi connectivity index (χ0n) is 10.5. The third-order valence-electron chi connectivity index (χ3n) is 2.62. The Labute approximate surface area is 112 Å². The predicted molar refractivity (Wildman–Crippen MR) is 72.7 cm³/mol. The van der Waals surface area contributed by atoms with E-state index in [9.17, 15) is 0 Å². The number of anilines is 1. The molecular weight excluding hydrogens is 248 g/mol. The van der Waals surface area contributed by atoms with Gasteiger partial charge in [-0.15, -0.1) is 0 Å². The highest BCUT2D eigenvalue weighted by atomic mass is 35.5. The minimum Gasteiger partial charge on any atom is -0.351 e. The molecule has 94 valence electrons. The monoisotopic (exact) mass is 262 g/mol. The first-order valence-electron chi connectivity index (χ1n) is 5.84. The number of hydrogen-bond acceptors (Lipinski definition) is 4. The second-order valence-corrected chi connectivity index (χ2v) is 4.37. The van der Waals surface area contributed by atoms with E-state index in [2.05, 4.69) is 26.8 Å². The van der Waals surface area contributed by atoms with E-state index in [0.29, 0.717) is 11.7 Å². The van der Waals surface area contributed by atoms with Gasteiger partial charge in [-0.05, 0) is 26.0 Å². The Hall–Kier alpha value is -1.68. The third-order valence-corrected chi connectivity index (χ3v) is 2.83. The van der Waals surface area contributed by atoms with Gasteiger partial charge in [-0.2, -0.15) is 0 Å². The maximum Gasteiger partial charge on any atom is 0.134 e.